The van der Waals surface area contributed by atoms with Crippen molar-refractivity contribution in [2.45, 2.75) is 32.2 Å². The standard InChI is InChI=1S/C27H29N5O4/c1-17(8-3-4-14-28)32-23-20(21-12-7-15-29-25(21)34)11-6-13-22(23)30-27(32)31-24(33)18-9-5-10-19(16-18)26(35)36-2/h5-7,9-13,15-17H,3-4,8,14,28H2,1-2H3,(H,29,34)(H,30,31,33). The summed E-state index contributed by atoms with van der Waals surface area (Å²) in [6.45, 7) is 2.65. The topological polar surface area (TPSA) is 132 Å². The number of carbonyl (C=O) groups excluding carboxylic acids is 2. The number of para-hydroxylation sites is 1. The van der Waals surface area contributed by atoms with Gasteiger partial charge in [0, 0.05) is 28.9 Å². The molecule has 4 aromatic rings. The van der Waals surface area contributed by atoms with Crippen molar-refractivity contribution >= 4 is 28.9 Å². The molecule has 9 nitrogen and oxygen atoms in total. The molecule has 0 saturated heterocycles. The van der Waals surface area contributed by atoms with Gasteiger partial charge in [0.2, 0.25) is 5.95 Å². The molecule has 2 aromatic heterocycles. The average Bonchev–Trinajstić information content (AvgIpc) is 3.26. The van der Waals surface area contributed by atoms with Gasteiger partial charge < -0.3 is 20.0 Å². The first-order chi connectivity index (χ1) is 17.4. The number of amides is 1. The third-order valence-electron chi connectivity index (χ3n) is 6.11. The number of pyridine rings is 1. The number of esters is 1. The Bertz CT molecular complexity index is 1460. The monoisotopic (exact) mass is 487 g/mol. The predicted octanol–water partition coefficient (Wildman–Crippen LogP) is 4.12. The first-order valence-corrected chi connectivity index (χ1v) is 11.8. The Morgan fingerprint density at radius 3 is 2.58 bits per heavy atom. The largest absolute Gasteiger partial charge is 0.465 e. The highest BCUT2D eigenvalue weighted by Crippen LogP contribution is 2.33. The molecule has 0 aliphatic carbocycles. The lowest BCUT2D eigenvalue weighted by Gasteiger charge is -2.19. The highest BCUT2D eigenvalue weighted by atomic mass is 16.5. The smallest absolute Gasteiger partial charge is 0.337 e. The number of anilines is 1. The predicted molar refractivity (Wildman–Crippen MR) is 139 cm³/mol. The highest BCUT2D eigenvalue weighted by molar-refractivity contribution is 6.06. The Kier molecular flexibility index (Phi) is 7.60. The summed E-state index contributed by atoms with van der Waals surface area (Å²) >= 11 is 0. The summed E-state index contributed by atoms with van der Waals surface area (Å²) in [5.41, 5.74) is 8.71. The zero-order valence-corrected chi connectivity index (χ0v) is 20.3. The number of hydrogen-bond donors (Lipinski definition) is 3. The van der Waals surface area contributed by atoms with Gasteiger partial charge in [-0.15, -0.1) is 0 Å². The molecule has 36 heavy (non-hydrogen) atoms. The Morgan fingerprint density at radius 2 is 1.83 bits per heavy atom. The van der Waals surface area contributed by atoms with E-state index in [2.05, 4.69) is 17.2 Å². The van der Waals surface area contributed by atoms with Crippen molar-refractivity contribution in [3.05, 3.63) is 82.3 Å². The fourth-order valence-electron chi connectivity index (χ4n) is 4.31. The molecular formula is C27H29N5O4. The van der Waals surface area contributed by atoms with Crippen molar-refractivity contribution in [1.29, 1.82) is 0 Å². The number of H-pyrrole nitrogens is 1. The number of methoxy groups -OCH3 is 1. The molecule has 0 bridgehead atoms. The minimum atomic E-state index is -0.525. The number of benzene rings is 2. The van der Waals surface area contributed by atoms with E-state index in [4.69, 9.17) is 15.5 Å². The van der Waals surface area contributed by atoms with Crippen LogP contribution in [0.4, 0.5) is 5.95 Å². The summed E-state index contributed by atoms with van der Waals surface area (Å²) in [5.74, 6) is -0.577. The number of nitrogens with zero attached hydrogens (tertiary/aromatic N) is 2. The van der Waals surface area contributed by atoms with Gasteiger partial charge in [0.15, 0.2) is 0 Å². The van der Waals surface area contributed by atoms with Crippen LogP contribution < -0.4 is 16.6 Å². The molecule has 0 aliphatic rings. The molecule has 1 unspecified atom stereocenters. The van der Waals surface area contributed by atoms with Crippen molar-refractivity contribution in [3.8, 4) is 11.1 Å². The van der Waals surface area contributed by atoms with Crippen molar-refractivity contribution in [3.63, 3.8) is 0 Å². The second-order valence-electron chi connectivity index (χ2n) is 8.55. The first-order valence-electron chi connectivity index (χ1n) is 11.8. The van der Waals surface area contributed by atoms with Crippen LogP contribution in [0.1, 0.15) is 52.9 Å². The zero-order valence-electron chi connectivity index (χ0n) is 20.3. The number of aromatic nitrogens is 3. The number of rotatable bonds is 9. The molecule has 0 aliphatic heterocycles. The second kappa shape index (κ2) is 11.0. The average molecular weight is 488 g/mol. The Hall–Kier alpha value is -4.24. The van der Waals surface area contributed by atoms with E-state index >= 15 is 0 Å². The first kappa shape index (κ1) is 24.9. The number of ether oxygens (including phenoxy) is 1. The van der Waals surface area contributed by atoms with Gasteiger partial charge >= 0.3 is 5.97 Å². The third kappa shape index (κ3) is 5.06. The molecular weight excluding hydrogens is 458 g/mol. The summed E-state index contributed by atoms with van der Waals surface area (Å²) < 4.78 is 6.74. The zero-order chi connectivity index (χ0) is 25.7. The van der Waals surface area contributed by atoms with Crippen LogP contribution in [0, 0.1) is 0 Å². The Morgan fingerprint density at radius 1 is 1.08 bits per heavy atom. The van der Waals surface area contributed by atoms with Crippen LogP contribution in [-0.2, 0) is 4.74 Å². The molecule has 0 spiro atoms. The fraction of sp³-hybridized carbons (Fsp3) is 0.259. The Labute approximate surface area is 208 Å². The van der Waals surface area contributed by atoms with Crippen molar-refractivity contribution in [1.82, 2.24) is 14.5 Å². The van der Waals surface area contributed by atoms with Crippen LogP contribution >= 0.6 is 0 Å². The summed E-state index contributed by atoms with van der Waals surface area (Å²) in [5, 5.41) is 2.92. The molecule has 0 radical (unpaired) electrons. The van der Waals surface area contributed by atoms with E-state index in [0.717, 1.165) is 30.3 Å². The van der Waals surface area contributed by atoms with Crippen molar-refractivity contribution in [2.24, 2.45) is 5.73 Å². The number of fused-ring (bicyclic) bond motifs is 1. The molecule has 4 N–H and O–H groups in total. The number of imidazole rings is 1. The van der Waals surface area contributed by atoms with Crippen LogP contribution in [-0.4, -0.2) is 40.1 Å². The number of unbranched alkanes of at least 4 members (excludes halogenated alkanes) is 1. The molecule has 2 aromatic carbocycles. The van der Waals surface area contributed by atoms with Crippen LogP contribution in [0.15, 0.2) is 65.6 Å². The van der Waals surface area contributed by atoms with Crippen LogP contribution in [0.2, 0.25) is 0 Å². The maximum Gasteiger partial charge on any atom is 0.337 e. The van der Waals surface area contributed by atoms with Gasteiger partial charge in [-0.25, -0.2) is 9.78 Å². The molecule has 0 saturated carbocycles. The number of carbonyl (C=O) groups is 2. The van der Waals surface area contributed by atoms with E-state index in [-0.39, 0.29) is 17.2 Å². The number of aromatic amines is 1. The van der Waals surface area contributed by atoms with E-state index < -0.39 is 11.9 Å². The summed E-state index contributed by atoms with van der Waals surface area (Å²) in [7, 11) is 1.29. The molecule has 1 amide bonds. The summed E-state index contributed by atoms with van der Waals surface area (Å²) in [6.07, 6.45) is 4.18. The normalized spacial score (nSPS) is 11.9. The van der Waals surface area contributed by atoms with Gasteiger partial charge in [-0.3, -0.25) is 14.9 Å². The van der Waals surface area contributed by atoms with E-state index in [1.54, 1.807) is 36.5 Å². The van der Waals surface area contributed by atoms with E-state index in [0.29, 0.717) is 29.1 Å². The van der Waals surface area contributed by atoms with E-state index in [1.807, 2.05) is 22.8 Å². The molecule has 2 heterocycles. The molecule has 9 heteroatoms. The van der Waals surface area contributed by atoms with Crippen LogP contribution in [0.5, 0.6) is 0 Å². The lowest BCUT2D eigenvalue weighted by atomic mass is 10.0. The van der Waals surface area contributed by atoms with E-state index in [1.165, 1.54) is 13.2 Å². The molecule has 0 fully saturated rings. The maximum absolute atomic E-state index is 13.2. The van der Waals surface area contributed by atoms with Crippen molar-refractivity contribution in [2.75, 3.05) is 19.0 Å². The minimum absolute atomic E-state index is 0.0396. The van der Waals surface area contributed by atoms with Gasteiger partial charge in [-0.2, -0.15) is 0 Å². The number of nitrogens with two attached hydrogens (primary N) is 1. The maximum atomic E-state index is 13.2. The highest BCUT2D eigenvalue weighted by Gasteiger charge is 2.22. The summed E-state index contributed by atoms with van der Waals surface area (Å²) in [4.78, 5) is 45.2. The van der Waals surface area contributed by atoms with Crippen LogP contribution in [0.25, 0.3) is 22.2 Å². The van der Waals surface area contributed by atoms with Gasteiger partial charge in [0.05, 0.1) is 23.7 Å². The lowest BCUT2D eigenvalue weighted by Crippen LogP contribution is -2.18. The van der Waals surface area contributed by atoms with Gasteiger partial charge in [-0.05, 0) is 62.7 Å². The molecule has 186 valence electrons. The molecule has 1 atom stereocenters. The third-order valence-corrected chi connectivity index (χ3v) is 6.11. The van der Waals surface area contributed by atoms with Crippen molar-refractivity contribution < 1.29 is 14.3 Å². The molecule has 4 rings (SSSR count). The van der Waals surface area contributed by atoms with Gasteiger partial charge in [0.1, 0.15) is 0 Å². The summed E-state index contributed by atoms with van der Waals surface area (Å²) in [6, 6.07) is 15.4. The SMILES string of the molecule is COC(=O)c1cccc(C(=O)Nc2nc3cccc(-c4ccc[nH]c4=O)c3n2C(C)CCCCN)c1. The Balaban J connectivity index is 1.81. The fourth-order valence-corrected chi connectivity index (χ4v) is 4.31. The van der Waals surface area contributed by atoms with E-state index in [9.17, 15) is 14.4 Å². The number of hydrogen-bond acceptors (Lipinski definition) is 6. The van der Waals surface area contributed by atoms with Crippen LogP contribution in [0.3, 0.4) is 0 Å². The number of nitrogens with one attached hydrogen (secondary N) is 2. The lowest BCUT2D eigenvalue weighted by molar-refractivity contribution is 0.0600. The van der Waals surface area contributed by atoms with Gasteiger partial charge in [0.25, 0.3) is 11.5 Å². The second-order valence-corrected chi connectivity index (χ2v) is 8.55. The quantitative estimate of drug-likeness (QED) is 0.240. The minimum Gasteiger partial charge on any atom is -0.465 e. The van der Waals surface area contributed by atoms with Gasteiger partial charge in [-0.1, -0.05) is 24.6 Å².